The van der Waals surface area contributed by atoms with E-state index in [4.69, 9.17) is 21.1 Å². The lowest BCUT2D eigenvalue weighted by Gasteiger charge is -2.32. The number of hydrogen-bond donors (Lipinski definition) is 2. The van der Waals surface area contributed by atoms with Crippen LogP contribution in [-0.2, 0) is 11.2 Å². The molecule has 0 bridgehead atoms. The largest absolute Gasteiger partial charge is 0.497 e. The second kappa shape index (κ2) is 10.3. The smallest absolute Gasteiger partial charge is 0.250 e. The maximum absolute atomic E-state index is 12.7. The molecule has 0 spiro atoms. The van der Waals surface area contributed by atoms with E-state index in [-0.39, 0.29) is 30.4 Å². The number of aromatic nitrogens is 3. The Hall–Kier alpha value is -4.04. The zero-order chi connectivity index (χ0) is 25.1. The summed E-state index contributed by atoms with van der Waals surface area (Å²) in [6, 6.07) is 22.8. The molecule has 1 amide bonds. The molecule has 0 saturated carbocycles. The van der Waals surface area contributed by atoms with E-state index in [1.807, 2.05) is 72.8 Å². The van der Waals surface area contributed by atoms with Crippen molar-refractivity contribution in [2.45, 2.75) is 24.9 Å². The molecular formula is C27H26ClN5O3. The minimum absolute atomic E-state index is 0.0308. The normalized spacial score (nSPS) is 16.5. The molecule has 184 valence electrons. The van der Waals surface area contributed by atoms with Gasteiger partial charge in [-0.1, -0.05) is 54.1 Å². The van der Waals surface area contributed by atoms with Crippen LogP contribution in [0.4, 0.5) is 11.9 Å². The number of carbonyl (C=O) groups excluding carboxylic acids is 1. The number of methoxy groups -OCH3 is 2. The Kier molecular flexibility index (Phi) is 6.77. The molecule has 0 aliphatic carbocycles. The lowest BCUT2D eigenvalue weighted by Crippen LogP contribution is -2.28. The van der Waals surface area contributed by atoms with Crippen molar-refractivity contribution < 1.29 is 14.3 Å². The van der Waals surface area contributed by atoms with Crippen LogP contribution >= 0.6 is 11.6 Å². The number of anilines is 2. The molecule has 5 rings (SSSR count). The molecule has 3 aromatic carbocycles. The van der Waals surface area contributed by atoms with Crippen molar-refractivity contribution in [2.24, 2.45) is 0 Å². The summed E-state index contributed by atoms with van der Waals surface area (Å²) >= 11 is 6.58. The van der Waals surface area contributed by atoms with Crippen molar-refractivity contribution in [2.75, 3.05) is 24.9 Å². The number of fused-ring (bicyclic) bond motifs is 1. The van der Waals surface area contributed by atoms with Crippen molar-refractivity contribution in [3.05, 3.63) is 94.5 Å². The minimum Gasteiger partial charge on any atom is -0.497 e. The summed E-state index contributed by atoms with van der Waals surface area (Å²) in [4.78, 5) is 17.3. The Labute approximate surface area is 214 Å². The zero-order valence-electron chi connectivity index (χ0n) is 19.9. The van der Waals surface area contributed by atoms with Crippen LogP contribution in [0, 0.1) is 0 Å². The van der Waals surface area contributed by atoms with E-state index in [1.165, 1.54) is 0 Å². The summed E-state index contributed by atoms with van der Waals surface area (Å²) < 4.78 is 12.3. The first-order chi connectivity index (χ1) is 17.5. The number of ether oxygens (including phenoxy) is 2. The van der Waals surface area contributed by atoms with Gasteiger partial charge in [-0.3, -0.25) is 10.1 Å². The van der Waals surface area contributed by atoms with Crippen molar-refractivity contribution in [3.63, 3.8) is 0 Å². The fraction of sp³-hybridized carbons (Fsp3) is 0.222. The number of carbonyl (C=O) groups is 1. The maximum atomic E-state index is 12.7. The van der Waals surface area contributed by atoms with E-state index < -0.39 is 0 Å². The molecule has 9 heteroatoms. The fourth-order valence-electron chi connectivity index (χ4n) is 4.39. The molecule has 0 unspecified atom stereocenters. The molecule has 2 atom stereocenters. The van der Waals surface area contributed by atoms with Gasteiger partial charge in [0.15, 0.2) is 0 Å². The molecule has 2 N–H and O–H groups in total. The Bertz CT molecular complexity index is 1350. The number of nitrogens with one attached hydrogen (secondary N) is 2. The van der Waals surface area contributed by atoms with E-state index >= 15 is 0 Å². The van der Waals surface area contributed by atoms with Gasteiger partial charge in [-0.15, -0.1) is 5.10 Å². The third-order valence-electron chi connectivity index (χ3n) is 6.25. The molecule has 1 aliphatic heterocycles. The van der Waals surface area contributed by atoms with Gasteiger partial charge in [0.25, 0.3) is 5.95 Å². The molecule has 0 fully saturated rings. The number of hydrogen-bond acceptors (Lipinski definition) is 6. The highest BCUT2D eigenvalue weighted by molar-refractivity contribution is 6.31. The summed E-state index contributed by atoms with van der Waals surface area (Å²) in [6.45, 7) is 0. The number of amides is 1. The minimum atomic E-state index is -0.205. The molecular weight excluding hydrogens is 478 g/mol. The van der Waals surface area contributed by atoms with Crippen LogP contribution in [0.1, 0.15) is 35.2 Å². The van der Waals surface area contributed by atoms with Crippen LogP contribution in [0.5, 0.6) is 11.5 Å². The molecule has 8 nitrogen and oxygen atoms in total. The number of nitrogens with zero attached hydrogens (tertiary/aromatic N) is 3. The van der Waals surface area contributed by atoms with Gasteiger partial charge in [-0.25, -0.2) is 4.68 Å². The molecule has 0 saturated heterocycles. The van der Waals surface area contributed by atoms with E-state index in [0.29, 0.717) is 17.4 Å². The SMILES string of the molecule is COc1ccc(CC(=O)Nc2nc3n(n2)[C@@H](c2ccccc2Cl)C[C@H](c2ccc(OC)cc2)N3)cc1. The van der Waals surface area contributed by atoms with Crippen LogP contribution in [0.25, 0.3) is 0 Å². The summed E-state index contributed by atoms with van der Waals surface area (Å²) in [5.74, 6) is 2.13. The Morgan fingerprint density at radius 3 is 2.36 bits per heavy atom. The molecule has 4 aromatic rings. The second-order valence-electron chi connectivity index (χ2n) is 8.52. The van der Waals surface area contributed by atoms with Crippen LogP contribution in [0.2, 0.25) is 5.02 Å². The second-order valence-corrected chi connectivity index (χ2v) is 8.93. The van der Waals surface area contributed by atoms with Gasteiger partial charge in [-0.2, -0.15) is 4.98 Å². The summed E-state index contributed by atoms with van der Waals surface area (Å²) in [6.07, 6.45) is 0.898. The van der Waals surface area contributed by atoms with Gasteiger partial charge in [0.2, 0.25) is 11.9 Å². The molecule has 1 aromatic heterocycles. The quantitative estimate of drug-likeness (QED) is 0.357. The molecule has 0 radical (unpaired) electrons. The molecule has 2 heterocycles. The van der Waals surface area contributed by atoms with E-state index in [1.54, 1.807) is 18.9 Å². The van der Waals surface area contributed by atoms with Gasteiger partial charge >= 0.3 is 0 Å². The topological polar surface area (TPSA) is 90.3 Å². The zero-order valence-corrected chi connectivity index (χ0v) is 20.7. The highest BCUT2D eigenvalue weighted by atomic mass is 35.5. The van der Waals surface area contributed by atoms with Gasteiger partial charge in [0.1, 0.15) is 11.5 Å². The van der Waals surface area contributed by atoms with Gasteiger partial charge < -0.3 is 14.8 Å². The highest BCUT2D eigenvalue weighted by Crippen LogP contribution is 2.40. The Balaban J connectivity index is 1.41. The van der Waals surface area contributed by atoms with E-state index in [0.717, 1.165) is 28.2 Å². The van der Waals surface area contributed by atoms with Gasteiger partial charge in [-0.05, 0) is 53.4 Å². The lowest BCUT2D eigenvalue weighted by molar-refractivity contribution is -0.115. The Morgan fingerprint density at radius 2 is 1.69 bits per heavy atom. The lowest BCUT2D eigenvalue weighted by atomic mass is 9.93. The van der Waals surface area contributed by atoms with Gasteiger partial charge in [0.05, 0.1) is 32.7 Å². The van der Waals surface area contributed by atoms with Crippen LogP contribution in [0.3, 0.4) is 0 Å². The van der Waals surface area contributed by atoms with Crippen LogP contribution < -0.4 is 20.1 Å². The third kappa shape index (κ3) is 4.99. The Morgan fingerprint density at radius 1 is 1.03 bits per heavy atom. The maximum Gasteiger partial charge on any atom is 0.250 e. The first kappa shape index (κ1) is 23.7. The average Bonchev–Trinajstić information content (AvgIpc) is 3.31. The predicted octanol–water partition coefficient (Wildman–Crippen LogP) is 5.28. The van der Waals surface area contributed by atoms with Crippen molar-refractivity contribution in [3.8, 4) is 11.5 Å². The number of halogens is 1. The fourth-order valence-corrected chi connectivity index (χ4v) is 4.65. The van der Waals surface area contributed by atoms with Gasteiger partial charge in [0, 0.05) is 5.02 Å². The molecule has 1 aliphatic rings. The highest BCUT2D eigenvalue weighted by Gasteiger charge is 2.32. The average molecular weight is 504 g/mol. The van der Waals surface area contributed by atoms with Crippen molar-refractivity contribution in [1.29, 1.82) is 0 Å². The monoisotopic (exact) mass is 503 g/mol. The van der Waals surface area contributed by atoms with E-state index in [9.17, 15) is 4.79 Å². The predicted molar refractivity (Wildman–Crippen MR) is 139 cm³/mol. The van der Waals surface area contributed by atoms with Crippen molar-refractivity contribution in [1.82, 2.24) is 14.8 Å². The first-order valence-corrected chi connectivity index (χ1v) is 12.0. The third-order valence-corrected chi connectivity index (χ3v) is 6.59. The summed E-state index contributed by atoms with van der Waals surface area (Å²) in [5, 5.41) is 11.6. The first-order valence-electron chi connectivity index (χ1n) is 11.6. The number of benzene rings is 3. The van der Waals surface area contributed by atoms with Crippen LogP contribution in [-0.4, -0.2) is 34.9 Å². The summed E-state index contributed by atoms with van der Waals surface area (Å²) in [5.41, 5.74) is 2.90. The van der Waals surface area contributed by atoms with Crippen LogP contribution in [0.15, 0.2) is 72.8 Å². The number of rotatable bonds is 7. The van der Waals surface area contributed by atoms with E-state index in [2.05, 4.69) is 20.7 Å². The summed E-state index contributed by atoms with van der Waals surface area (Å²) in [7, 11) is 3.26. The van der Waals surface area contributed by atoms with Crippen molar-refractivity contribution >= 4 is 29.4 Å². The standard InChI is InChI=1S/C27H26ClN5O3/c1-35-19-11-7-17(8-12-19)15-25(34)30-26-31-27-29-23(18-9-13-20(36-2)14-10-18)16-24(33(27)32-26)21-5-3-4-6-22(21)28/h3-14,23-24H,15-16H2,1-2H3,(H2,29,30,31,32,34)/t23-,24-/m1/s1. The molecule has 36 heavy (non-hydrogen) atoms.